The van der Waals surface area contributed by atoms with E-state index < -0.39 is 0 Å². The van der Waals surface area contributed by atoms with Crippen LogP contribution in [0.2, 0.25) is 0 Å². The number of carbonyl (C=O) groups is 2. The first-order valence-electron chi connectivity index (χ1n) is 4.34. The van der Waals surface area contributed by atoms with E-state index in [0.717, 1.165) is 4.90 Å². The largest absolute Gasteiger partial charge is 0.508 e. The van der Waals surface area contributed by atoms with E-state index >= 15 is 0 Å². The Morgan fingerprint density at radius 2 is 1.86 bits per heavy atom. The van der Waals surface area contributed by atoms with Crippen molar-refractivity contribution in [1.82, 2.24) is 4.90 Å². The van der Waals surface area contributed by atoms with Gasteiger partial charge in [0.05, 0.1) is 11.1 Å². The van der Waals surface area contributed by atoms with E-state index in [1.54, 1.807) is 6.92 Å². The van der Waals surface area contributed by atoms with E-state index in [-0.39, 0.29) is 23.1 Å². The minimum atomic E-state index is -0.330. The van der Waals surface area contributed by atoms with Gasteiger partial charge in [-0.2, -0.15) is 0 Å². The molecule has 14 heavy (non-hydrogen) atoms. The average Bonchev–Trinajstić information content (AvgIpc) is 2.39. The van der Waals surface area contributed by atoms with Crippen LogP contribution in [-0.2, 0) is 0 Å². The van der Waals surface area contributed by atoms with Crippen molar-refractivity contribution in [2.24, 2.45) is 0 Å². The number of amides is 2. The van der Waals surface area contributed by atoms with E-state index in [4.69, 9.17) is 0 Å². The maximum Gasteiger partial charge on any atom is 0.261 e. The molecular weight excluding hydrogens is 182 g/mol. The van der Waals surface area contributed by atoms with Crippen LogP contribution in [0.15, 0.2) is 18.2 Å². The van der Waals surface area contributed by atoms with E-state index in [2.05, 4.69) is 0 Å². The second-order valence-electron chi connectivity index (χ2n) is 3.08. The van der Waals surface area contributed by atoms with Gasteiger partial charge in [-0.05, 0) is 25.1 Å². The Morgan fingerprint density at radius 1 is 1.21 bits per heavy atom. The number of carbonyl (C=O) groups excluding carboxylic acids is 2. The Kier molecular flexibility index (Phi) is 1.77. The standard InChI is InChI=1S/C10H9NO3/c1-2-11-9(13)7-4-3-6(12)5-8(7)10(11)14/h3-5,12H,2H2,1H3. The third kappa shape index (κ3) is 1.00. The summed E-state index contributed by atoms with van der Waals surface area (Å²) < 4.78 is 0. The summed E-state index contributed by atoms with van der Waals surface area (Å²) in [4.78, 5) is 24.3. The molecule has 2 rings (SSSR count). The molecule has 1 heterocycles. The summed E-state index contributed by atoms with van der Waals surface area (Å²) in [6.45, 7) is 2.09. The van der Waals surface area contributed by atoms with Gasteiger partial charge in [0.25, 0.3) is 11.8 Å². The number of aromatic hydroxyl groups is 1. The Hall–Kier alpha value is -1.84. The van der Waals surface area contributed by atoms with Crippen LogP contribution >= 0.6 is 0 Å². The fraction of sp³-hybridized carbons (Fsp3) is 0.200. The summed E-state index contributed by atoms with van der Waals surface area (Å²) >= 11 is 0. The summed E-state index contributed by atoms with van der Waals surface area (Å²) in [5.74, 6) is -0.612. The fourth-order valence-corrected chi connectivity index (χ4v) is 1.57. The summed E-state index contributed by atoms with van der Waals surface area (Å²) in [5.41, 5.74) is 0.659. The topological polar surface area (TPSA) is 57.6 Å². The lowest BCUT2D eigenvalue weighted by molar-refractivity contribution is 0.0663. The van der Waals surface area contributed by atoms with Crippen LogP contribution in [0.5, 0.6) is 5.75 Å². The van der Waals surface area contributed by atoms with Gasteiger partial charge in [-0.15, -0.1) is 0 Å². The van der Waals surface area contributed by atoms with E-state index in [9.17, 15) is 14.7 Å². The number of benzene rings is 1. The maximum atomic E-state index is 11.6. The third-order valence-corrected chi connectivity index (χ3v) is 2.27. The fourth-order valence-electron chi connectivity index (χ4n) is 1.57. The molecule has 0 aromatic heterocycles. The lowest BCUT2D eigenvalue weighted by atomic mass is 10.1. The monoisotopic (exact) mass is 191 g/mol. The van der Waals surface area contributed by atoms with Crippen molar-refractivity contribution in [3.05, 3.63) is 29.3 Å². The molecule has 2 amide bonds. The van der Waals surface area contributed by atoms with Crippen molar-refractivity contribution in [3.63, 3.8) is 0 Å². The number of imide groups is 1. The SMILES string of the molecule is CCN1C(=O)c2ccc(O)cc2C1=O. The van der Waals surface area contributed by atoms with Gasteiger partial charge in [0.15, 0.2) is 0 Å². The van der Waals surface area contributed by atoms with Gasteiger partial charge in [0.2, 0.25) is 0 Å². The first kappa shape index (κ1) is 8.74. The second-order valence-corrected chi connectivity index (χ2v) is 3.08. The van der Waals surface area contributed by atoms with Crippen LogP contribution in [-0.4, -0.2) is 28.4 Å². The van der Waals surface area contributed by atoms with E-state index in [0.29, 0.717) is 12.1 Å². The maximum absolute atomic E-state index is 11.6. The van der Waals surface area contributed by atoms with Crippen LogP contribution in [0.1, 0.15) is 27.6 Å². The molecule has 0 fully saturated rings. The predicted molar refractivity (Wildman–Crippen MR) is 49.1 cm³/mol. The Labute approximate surface area is 80.8 Å². The highest BCUT2D eigenvalue weighted by atomic mass is 16.3. The smallest absolute Gasteiger partial charge is 0.261 e. The Balaban J connectivity index is 2.58. The van der Waals surface area contributed by atoms with Gasteiger partial charge in [-0.25, -0.2) is 0 Å². The van der Waals surface area contributed by atoms with Gasteiger partial charge >= 0.3 is 0 Å². The molecule has 0 saturated heterocycles. The van der Waals surface area contributed by atoms with Crippen molar-refractivity contribution in [2.75, 3.05) is 6.54 Å². The molecule has 1 aromatic rings. The molecule has 1 N–H and O–H groups in total. The zero-order valence-electron chi connectivity index (χ0n) is 7.65. The molecule has 4 nitrogen and oxygen atoms in total. The minimum absolute atomic E-state index is 0.00264. The summed E-state index contributed by atoms with van der Waals surface area (Å²) in [6.07, 6.45) is 0. The van der Waals surface area contributed by atoms with E-state index in [1.165, 1.54) is 18.2 Å². The number of phenols is 1. The Bertz CT molecular complexity index is 425. The number of hydrogen-bond donors (Lipinski definition) is 1. The summed E-state index contributed by atoms with van der Waals surface area (Å²) in [5, 5.41) is 9.18. The molecule has 0 spiro atoms. The number of rotatable bonds is 1. The quantitative estimate of drug-likeness (QED) is 0.674. The molecule has 4 heteroatoms. The van der Waals surface area contributed by atoms with Crippen molar-refractivity contribution < 1.29 is 14.7 Å². The van der Waals surface area contributed by atoms with Crippen LogP contribution in [0.25, 0.3) is 0 Å². The molecule has 0 aliphatic carbocycles. The lowest BCUT2D eigenvalue weighted by Gasteiger charge is -2.08. The van der Waals surface area contributed by atoms with Crippen LogP contribution in [0.4, 0.5) is 0 Å². The molecular formula is C10H9NO3. The molecule has 0 atom stereocenters. The molecule has 0 unspecified atom stereocenters. The highest BCUT2D eigenvalue weighted by molar-refractivity contribution is 6.21. The molecule has 1 aromatic carbocycles. The number of hydrogen-bond acceptors (Lipinski definition) is 3. The number of phenolic OH excluding ortho intramolecular Hbond substituents is 1. The summed E-state index contributed by atoms with van der Waals surface area (Å²) in [7, 11) is 0. The van der Waals surface area contributed by atoms with Crippen LogP contribution < -0.4 is 0 Å². The molecule has 1 aliphatic rings. The van der Waals surface area contributed by atoms with Crippen molar-refractivity contribution in [1.29, 1.82) is 0 Å². The molecule has 72 valence electrons. The molecule has 1 aliphatic heterocycles. The molecule has 0 saturated carbocycles. The van der Waals surface area contributed by atoms with Crippen molar-refractivity contribution in [3.8, 4) is 5.75 Å². The normalized spacial score (nSPS) is 14.8. The first-order valence-corrected chi connectivity index (χ1v) is 4.34. The molecule has 0 bridgehead atoms. The highest BCUT2D eigenvalue weighted by Crippen LogP contribution is 2.25. The first-order chi connectivity index (χ1) is 6.65. The Morgan fingerprint density at radius 3 is 2.50 bits per heavy atom. The van der Waals surface area contributed by atoms with Crippen LogP contribution in [0.3, 0.4) is 0 Å². The van der Waals surface area contributed by atoms with Crippen molar-refractivity contribution >= 4 is 11.8 Å². The van der Waals surface area contributed by atoms with Gasteiger partial charge in [-0.1, -0.05) is 0 Å². The average molecular weight is 191 g/mol. The predicted octanol–water partition coefficient (Wildman–Crippen LogP) is 1.01. The third-order valence-electron chi connectivity index (χ3n) is 2.27. The van der Waals surface area contributed by atoms with Gasteiger partial charge in [-0.3, -0.25) is 14.5 Å². The zero-order valence-corrected chi connectivity index (χ0v) is 7.65. The lowest BCUT2D eigenvalue weighted by Crippen LogP contribution is -2.29. The van der Waals surface area contributed by atoms with Gasteiger partial charge in [0.1, 0.15) is 5.75 Å². The van der Waals surface area contributed by atoms with Gasteiger partial charge in [0, 0.05) is 6.54 Å². The second kappa shape index (κ2) is 2.83. The highest BCUT2D eigenvalue weighted by Gasteiger charge is 2.34. The summed E-state index contributed by atoms with van der Waals surface area (Å²) in [6, 6.07) is 4.20. The number of fused-ring (bicyclic) bond motifs is 1. The molecule has 0 radical (unpaired) electrons. The minimum Gasteiger partial charge on any atom is -0.508 e. The zero-order chi connectivity index (χ0) is 10.3. The number of nitrogens with zero attached hydrogens (tertiary/aromatic N) is 1. The van der Waals surface area contributed by atoms with Crippen molar-refractivity contribution in [2.45, 2.75) is 6.92 Å². The van der Waals surface area contributed by atoms with Gasteiger partial charge < -0.3 is 5.11 Å². The van der Waals surface area contributed by atoms with E-state index in [1.807, 2.05) is 0 Å². The van der Waals surface area contributed by atoms with Crippen LogP contribution in [0, 0.1) is 0 Å².